The first-order chi connectivity index (χ1) is 11.5. The molecule has 0 saturated heterocycles. The van der Waals surface area contributed by atoms with Crippen molar-refractivity contribution < 1.29 is 4.79 Å². The topological polar surface area (TPSA) is 45.8 Å². The molecular weight excluding hydrogens is 316 g/mol. The molecule has 2 aromatic rings. The van der Waals surface area contributed by atoms with E-state index in [2.05, 4.69) is 29.9 Å². The molecule has 0 bridgehead atoms. The van der Waals surface area contributed by atoms with Gasteiger partial charge in [-0.1, -0.05) is 13.8 Å². The number of carbonyl (C=O) groups excluding carboxylic acids is 1. The van der Waals surface area contributed by atoms with E-state index in [9.17, 15) is 4.79 Å². The lowest BCUT2D eigenvalue weighted by Gasteiger charge is -2.17. The van der Waals surface area contributed by atoms with Gasteiger partial charge >= 0.3 is 0 Å². The average molecular weight is 340 g/mol. The zero-order chi connectivity index (χ0) is 17.7. The van der Waals surface area contributed by atoms with Crippen molar-refractivity contribution in [3.63, 3.8) is 0 Å². The quantitative estimate of drug-likeness (QED) is 0.658. The summed E-state index contributed by atoms with van der Waals surface area (Å²) < 4.78 is 2.18. The molecule has 3 nitrogen and oxygen atoms in total. The van der Waals surface area contributed by atoms with Crippen LogP contribution in [0.3, 0.4) is 0 Å². The Balaban J connectivity index is 2.55. The Kier molecular flexibility index (Phi) is 6.28. The molecule has 0 amide bonds. The number of thioether (sulfide) groups is 1. The number of nitriles is 1. The van der Waals surface area contributed by atoms with Crippen molar-refractivity contribution in [2.24, 2.45) is 0 Å². The van der Waals surface area contributed by atoms with Gasteiger partial charge in [-0.15, -0.1) is 0 Å². The minimum absolute atomic E-state index is 0.179. The largest absolute Gasteiger partial charge is 0.317 e. The van der Waals surface area contributed by atoms with Gasteiger partial charge in [0.2, 0.25) is 0 Å². The van der Waals surface area contributed by atoms with Crippen molar-refractivity contribution in [3.05, 3.63) is 52.8 Å². The maximum Gasteiger partial charge on any atom is 0.164 e. The third-order valence-electron chi connectivity index (χ3n) is 4.41. The molecule has 0 spiro atoms. The molecule has 1 atom stereocenters. The summed E-state index contributed by atoms with van der Waals surface area (Å²) in [6.07, 6.45) is 3.70. The van der Waals surface area contributed by atoms with E-state index in [4.69, 9.17) is 5.26 Å². The van der Waals surface area contributed by atoms with E-state index in [0.717, 1.165) is 29.1 Å². The number of hydrogen-bond acceptors (Lipinski definition) is 3. The van der Waals surface area contributed by atoms with Gasteiger partial charge in [0.1, 0.15) is 0 Å². The molecule has 1 heterocycles. The van der Waals surface area contributed by atoms with Crippen LogP contribution in [0.2, 0.25) is 0 Å². The lowest BCUT2D eigenvalue weighted by Crippen LogP contribution is -2.07. The van der Waals surface area contributed by atoms with Gasteiger partial charge in [0.25, 0.3) is 0 Å². The standard InChI is InChI=1S/C20H24N2OS/c1-5-20(23)18-12-19(14(2)10-11-24-4)22(15(18)3)17-8-6-16(13-21)7-9-17/h6-9,12,14H,5,10-11H2,1-4H3. The normalized spacial score (nSPS) is 12.0. The highest BCUT2D eigenvalue weighted by Gasteiger charge is 2.20. The fourth-order valence-electron chi connectivity index (χ4n) is 2.94. The number of carbonyl (C=O) groups is 1. The van der Waals surface area contributed by atoms with Crippen molar-refractivity contribution >= 4 is 17.5 Å². The van der Waals surface area contributed by atoms with Crippen molar-refractivity contribution in [2.75, 3.05) is 12.0 Å². The second kappa shape index (κ2) is 8.21. The van der Waals surface area contributed by atoms with E-state index in [0.29, 0.717) is 17.9 Å². The minimum Gasteiger partial charge on any atom is -0.317 e. The van der Waals surface area contributed by atoms with E-state index in [1.807, 2.05) is 49.9 Å². The third kappa shape index (κ3) is 3.73. The van der Waals surface area contributed by atoms with Gasteiger partial charge in [-0.25, -0.2) is 0 Å². The van der Waals surface area contributed by atoms with Gasteiger partial charge in [0.15, 0.2) is 5.78 Å². The molecule has 126 valence electrons. The predicted octanol–water partition coefficient (Wildman–Crippen LogP) is 5.11. The van der Waals surface area contributed by atoms with E-state index in [1.54, 1.807) is 0 Å². The number of aromatic nitrogens is 1. The Hall–Kier alpha value is -1.99. The molecule has 0 N–H and O–H groups in total. The van der Waals surface area contributed by atoms with E-state index in [1.165, 1.54) is 5.69 Å². The molecule has 1 aromatic carbocycles. The Labute approximate surface area is 148 Å². The number of ketones is 1. The van der Waals surface area contributed by atoms with Crippen LogP contribution in [0, 0.1) is 18.3 Å². The summed E-state index contributed by atoms with van der Waals surface area (Å²) in [4.78, 5) is 12.3. The Morgan fingerprint density at radius 1 is 1.33 bits per heavy atom. The van der Waals surface area contributed by atoms with Crippen molar-refractivity contribution in [3.8, 4) is 11.8 Å². The summed E-state index contributed by atoms with van der Waals surface area (Å²) in [5, 5.41) is 9.00. The molecule has 1 unspecified atom stereocenters. The van der Waals surface area contributed by atoms with Crippen LogP contribution in [0.4, 0.5) is 0 Å². The minimum atomic E-state index is 0.179. The summed E-state index contributed by atoms with van der Waals surface area (Å²) in [6.45, 7) is 6.12. The molecule has 0 aliphatic heterocycles. The van der Waals surface area contributed by atoms with Crippen molar-refractivity contribution in [2.45, 2.75) is 39.5 Å². The summed E-state index contributed by atoms with van der Waals surface area (Å²) in [5.74, 6) is 1.64. The van der Waals surface area contributed by atoms with Gasteiger partial charge < -0.3 is 4.57 Å². The molecule has 0 saturated carbocycles. The highest BCUT2D eigenvalue weighted by atomic mass is 32.2. The van der Waals surface area contributed by atoms with Crippen LogP contribution in [-0.4, -0.2) is 22.4 Å². The van der Waals surface area contributed by atoms with Gasteiger partial charge in [0.05, 0.1) is 11.6 Å². The fraction of sp³-hybridized carbons (Fsp3) is 0.400. The lowest BCUT2D eigenvalue weighted by atomic mass is 10.0. The molecule has 0 fully saturated rings. The number of hydrogen-bond donors (Lipinski definition) is 0. The average Bonchev–Trinajstić information content (AvgIpc) is 2.96. The Morgan fingerprint density at radius 3 is 2.54 bits per heavy atom. The maximum absolute atomic E-state index is 12.3. The maximum atomic E-state index is 12.3. The second-order valence-corrected chi connectivity index (χ2v) is 7.01. The fourth-order valence-corrected chi connectivity index (χ4v) is 3.53. The van der Waals surface area contributed by atoms with Crippen LogP contribution >= 0.6 is 11.8 Å². The van der Waals surface area contributed by atoms with Crippen molar-refractivity contribution in [1.82, 2.24) is 4.57 Å². The highest BCUT2D eigenvalue weighted by molar-refractivity contribution is 7.98. The Morgan fingerprint density at radius 2 is 2.00 bits per heavy atom. The van der Waals surface area contributed by atoms with Gasteiger partial charge in [0, 0.05) is 29.1 Å². The van der Waals surface area contributed by atoms with Gasteiger partial charge in [-0.3, -0.25) is 4.79 Å². The lowest BCUT2D eigenvalue weighted by molar-refractivity contribution is 0.0987. The van der Waals surface area contributed by atoms with E-state index in [-0.39, 0.29) is 5.78 Å². The molecule has 1 aromatic heterocycles. The number of rotatable bonds is 7. The molecule has 2 rings (SSSR count). The summed E-state index contributed by atoms with van der Waals surface area (Å²) in [6, 6.07) is 11.8. The SMILES string of the molecule is CCC(=O)c1cc(C(C)CCSC)n(-c2ccc(C#N)cc2)c1C. The second-order valence-electron chi connectivity index (χ2n) is 6.02. The van der Waals surface area contributed by atoms with Crippen LogP contribution in [0.5, 0.6) is 0 Å². The van der Waals surface area contributed by atoms with Crippen LogP contribution in [0.1, 0.15) is 59.9 Å². The first kappa shape index (κ1) is 18.4. The Bertz CT molecular complexity index is 753. The zero-order valence-corrected chi connectivity index (χ0v) is 15.6. The molecule has 0 radical (unpaired) electrons. The summed E-state index contributed by atoms with van der Waals surface area (Å²) >= 11 is 1.84. The van der Waals surface area contributed by atoms with Crippen LogP contribution in [-0.2, 0) is 0 Å². The molecule has 0 aliphatic rings. The number of benzene rings is 1. The third-order valence-corrected chi connectivity index (χ3v) is 5.06. The molecular formula is C20H24N2OS. The summed E-state index contributed by atoms with van der Waals surface area (Å²) in [7, 11) is 0. The number of nitrogens with zero attached hydrogens (tertiary/aromatic N) is 2. The van der Waals surface area contributed by atoms with E-state index < -0.39 is 0 Å². The first-order valence-electron chi connectivity index (χ1n) is 8.28. The van der Waals surface area contributed by atoms with Crippen molar-refractivity contribution in [1.29, 1.82) is 5.26 Å². The molecule has 0 aliphatic carbocycles. The zero-order valence-electron chi connectivity index (χ0n) is 14.8. The first-order valence-corrected chi connectivity index (χ1v) is 9.67. The van der Waals surface area contributed by atoms with Crippen LogP contribution < -0.4 is 0 Å². The molecule has 4 heteroatoms. The van der Waals surface area contributed by atoms with E-state index >= 15 is 0 Å². The monoisotopic (exact) mass is 340 g/mol. The van der Waals surface area contributed by atoms with Gasteiger partial charge in [-0.05, 0) is 61.6 Å². The van der Waals surface area contributed by atoms with Gasteiger partial charge in [-0.2, -0.15) is 17.0 Å². The smallest absolute Gasteiger partial charge is 0.164 e. The predicted molar refractivity (Wildman–Crippen MR) is 101 cm³/mol. The highest BCUT2D eigenvalue weighted by Crippen LogP contribution is 2.30. The van der Waals surface area contributed by atoms with Crippen LogP contribution in [0.15, 0.2) is 30.3 Å². The number of Topliss-reactive ketones (excluding diaryl/α,β-unsaturated/α-hetero) is 1. The van der Waals surface area contributed by atoms with Crippen LogP contribution in [0.25, 0.3) is 5.69 Å². The summed E-state index contributed by atoms with van der Waals surface area (Å²) in [5.41, 5.74) is 4.62. The molecule has 24 heavy (non-hydrogen) atoms.